The number of nitrogens with zero attached hydrogens (tertiary/aromatic N) is 3. The van der Waals surface area contributed by atoms with Gasteiger partial charge in [0.05, 0.1) is 4.90 Å². The number of anilines is 2. The number of hydrogen-bond donors (Lipinski definition) is 3. The Labute approximate surface area is 250 Å². The Morgan fingerprint density at radius 3 is 2.44 bits per heavy atom. The largest absolute Gasteiger partial charge is 0.480 e. The highest BCUT2D eigenvalue weighted by molar-refractivity contribution is 7.90. The molecule has 2 atom stereocenters. The molecule has 1 unspecified atom stereocenters. The molecule has 230 valence electrons. The molecule has 0 saturated carbocycles. The van der Waals surface area contributed by atoms with Crippen molar-refractivity contribution >= 4 is 39.2 Å². The molecule has 0 aliphatic carbocycles. The number of nitrogens with two attached hydrogens (primary N) is 1. The van der Waals surface area contributed by atoms with Gasteiger partial charge in [-0.25, -0.2) is 8.42 Å². The van der Waals surface area contributed by atoms with Crippen LogP contribution in [-0.2, 0) is 14.6 Å². The van der Waals surface area contributed by atoms with Gasteiger partial charge in [0.25, 0.3) is 0 Å². The number of nitrogen functional groups attached to an aromatic ring is 1. The number of aliphatic carboxylic acids is 1. The average Bonchev–Trinajstić information content (AvgIpc) is 3.35. The molecule has 0 bridgehead atoms. The van der Waals surface area contributed by atoms with Gasteiger partial charge in [0.15, 0.2) is 9.84 Å². The lowest BCUT2D eigenvalue weighted by atomic mass is 9.76. The Morgan fingerprint density at radius 1 is 1.19 bits per heavy atom. The molecule has 3 aromatic rings. The lowest BCUT2D eigenvalue weighted by Gasteiger charge is -2.39. The maximum Gasteiger partial charge on any atom is 0.429 e. The molecular formula is C28H29ClF3N5O5S. The minimum absolute atomic E-state index is 0.0625. The van der Waals surface area contributed by atoms with Crippen molar-refractivity contribution in [1.82, 2.24) is 15.3 Å². The highest BCUT2D eigenvalue weighted by atomic mass is 35.5. The Balaban J connectivity index is 1.51. The molecule has 2 saturated heterocycles. The number of nitrogens with one attached hydrogen (secondary N) is 1. The van der Waals surface area contributed by atoms with Gasteiger partial charge in [-0.15, -0.1) is 0 Å². The third kappa shape index (κ3) is 6.65. The number of rotatable bonds is 7. The molecule has 10 nitrogen and oxygen atoms in total. The lowest BCUT2D eigenvalue weighted by Crippen LogP contribution is -2.41. The van der Waals surface area contributed by atoms with E-state index in [1.165, 1.54) is 24.3 Å². The number of halogens is 4. The summed E-state index contributed by atoms with van der Waals surface area (Å²) >= 11 is 6.19. The van der Waals surface area contributed by atoms with Crippen LogP contribution in [-0.4, -0.2) is 67.6 Å². The van der Waals surface area contributed by atoms with Crippen molar-refractivity contribution in [3.63, 3.8) is 0 Å². The van der Waals surface area contributed by atoms with E-state index in [1.807, 2.05) is 4.90 Å². The van der Waals surface area contributed by atoms with Crippen molar-refractivity contribution in [1.29, 1.82) is 0 Å². The first-order chi connectivity index (χ1) is 20.1. The fraction of sp³-hybridized carbons (Fsp3) is 0.393. The zero-order chi connectivity index (χ0) is 31.2. The monoisotopic (exact) mass is 639 g/mol. The summed E-state index contributed by atoms with van der Waals surface area (Å²) in [4.78, 5) is 20.7. The SMILES string of the molecule is CS(=O)(=O)c1cc(Cl)cc(-c2ccccc2)c1[C@@H](Oc1cc(N2CCC3(CC2)CNC(C(=O)O)C3)nc(N)n1)C(F)(F)F. The Hall–Kier alpha value is -3.62. The van der Waals surface area contributed by atoms with Crippen LogP contribution in [0.1, 0.15) is 30.9 Å². The van der Waals surface area contributed by atoms with E-state index in [0.717, 1.165) is 12.3 Å². The minimum Gasteiger partial charge on any atom is -0.480 e. The first kappa shape index (κ1) is 30.8. The van der Waals surface area contributed by atoms with Crippen LogP contribution in [0.3, 0.4) is 0 Å². The molecule has 2 aliphatic heterocycles. The molecule has 2 aromatic carbocycles. The molecule has 5 rings (SSSR count). The first-order valence-corrected chi connectivity index (χ1v) is 15.6. The molecule has 3 heterocycles. The van der Waals surface area contributed by atoms with Crippen LogP contribution in [0.15, 0.2) is 53.4 Å². The lowest BCUT2D eigenvalue weighted by molar-refractivity contribution is -0.199. The summed E-state index contributed by atoms with van der Waals surface area (Å²) < 4.78 is 75.4. The number of aromatic nitrogens is 2. The van der Waals surface area contributed by atoms with E-state index in [0.29, 0.717) is 44.5 Å². The van der Waals surface area contributed by atoms with Gasteiger partial charge in [0.2, 0.25) is 17.9 Å². The highest BCUT2D eigenvalue weighted by Gasteiger charge is 2.47. The number of carbonyl (C=O) groups is 1. The number of piperidine rings is 1. The summed E-state index contributed by atoms with van der Waals surface area (Å²) in [7, 11) is -4.21. The summed E-state index contributed by atoms with van der Waals surface area (Å²) in [6.07, 6.45) is -5.28. The molecule has 0 amide bonds. The maximum absolute atomic E-state index is 14.8. The summed E-state index contributed by atoms with van der Waals surface area (Å²) in [6.45, 7) is 1.47. The Kier molecular flexibility index (Phi) is 8.22. The Bertz CT molecular complexity index is 1630. The van der Waals surface area contributed by atoms with Crippen LogP contribution in [0.25, 0.3) is 11.1 Å². The minimum atomic E-state index is -5.08. The van der Waals surface area contributed by atoms with Crippen molar-refractivity contribution in [3.8, 4) is 17.0 Å². The van der Waals surface area contributed by atoms with E-state index in [2.05, 4.69) is 15.3 Å². The van der Waals surface area contributed by atoms with Crippen LogP contribution in [0, 0.1) is 5.41 Å². The average molecular weight is 640 g/mol. The van der Waals surface area contributed by atoms with Gasteiger partial charge in [-0.05, 0) is 47.9 Å². The molecular weight excluding hydrogens is 611 g/mol. The molecule has 1 spiro atoms. The maximum atomic E-state index is 14.8. The molecule has 15 heteroatoms. The smallest absolute Gasteiger partial charge is 0.429 e. The third-order valence-electron chi connectivity index (χ3n) is 7.90. The van der Waals surface area contributed by atoms with E-state index in [4.69, 9.17) is 22.1 Å². The van der Waals surface area contributed by atoms with Crippen molar-refractivity contribution in [2.75, 3.05) is 36.5 Å². The van der Waals surface area contributed by atoms with Crippen molar-refractivity contribution in [2.45, 2.75) is 42.5 Å². The van der Waals surface area contributed by atoms with Crippen LogP contribution in [0.2, 0.25) is 5.02 Å². The zero-order valence-electron chi connectivity index (χ0n) is 22.9. The predicted octanol–water partition coefficient (Wildman–Crippen LogP) is 4.50. The molecule has 4 N–H and O–H groups in total. The van der Waals surface area contributed by atoms with E-state index >= 15 is 0 Å². The topological polar surface area (TPSA) is 148 Å². The fourth-order valence-corrected chi connectivity index (χ4v) is 7.01. The van der Waals surface area contributed by atoms with Crippen LogP contribution in [0.4, 0.5) is 24.9 Å². The molecule has 0 radical (unpaired) electrons. The van der Waals surface area contributed by atoms with Crippen molar-refractivity contribution in [3.05, 3.63) is 59.1 Å². The van der Waals surface area contributed by atoms with Gasteiger partial charge in [0.1, 0.15) is 11.9 Å². The third-order valence-corrected chi connectivity index (χ3v) is 9.26. The summed E-state index contributed by atoms with van der Waals surface area (Å²) in [5.41, 5.74) is 5.30. The number of hydrogen-bond acceptors (Lipinski definition) is 9. The van der Waals surface area contributed by atoms with Gasteiger partial charge in [0, 0.05) is 42.5 Å². The van der Waals surface area contributed by atoms with Gasteiger partial charge < -0.3 is 25.8 Å². The summed E-state index contributed by atoms with van der Waals surface area (Å²) in [6, 6.07) is 10.8. The highest BCUT2D eigenvalue weighted by Crippen LogP contribution is 2.46. The number of carboxylic acids is 1. The molecule has 2 aliphatic rings. The van der Waals surface area contributed by atoms with E-state index in [-0.39, 0.29) is 27.8 Å². The molecule has 1 aromatic heterocycles. The van der Waals surface area contributed by atoms with Crippen LogP contribution in [0.5, 0.6) is 5.88 Å². The second-order valence-electron chi connectivity index (χ2n) is 10.9. The van der Waals surface area contributed by atoms with Gasteiger partial charge in [-0.3, -0.25) is 4.79 Å². The Morgan fingerprint density at radius 2 is 1.86 bits per heavy atom. The van der Waals surface area contributed by atoms with E-state index < -0.39 is 50.5 Å². The van der Waals surface area contributed by atoms with Gasteiger partial charge >= 0.3 is 12.1 Å². The summed E-state index contributed by atoms with van der Waals surface area (Å²) in [5.74, 6) is -1.49. The zero-order valence-corrected chi connectivity index (χ0v) is 24.5. The van der Waals surface area contributed by atoms with Crippen molar-refractivity contribution in [2.24, 2.45) is 5.41 Å². The normalized spacial score (nSPS) is 19.4. The van der Waals surface area contributed by atoms with E-state index in [1.54, 1.807) is 18.2 Å². The van der Waals surface area contributed by atoms with E-state index in [9.17, 15) is 31.5 Å². The number of carboxylic acid groups (broad SMARTS) is 1. The van der Waals surface area contributed by atoms with Crippen LogP contribution < -0.4 is 20.7 Å². The quantitative estimate of drug-likeness (QED) is 0.338. The molecule has 43 heavy (non-hydrogen) atoms. The second-order valence-corrected chi connectivity index (χ2v) is 13.3. The van der Waals surface area contributed by atoms with Gasteiger partial charge in [-0.1, -0.05) is 41.9 Å². The van der Waals surface area contributed by atoms with Crippen molar-refractivity contribution < 1.29 is 36.2 Å². The fourth-order valence-electron chi connectivity index (χ4n) is 5.77. The number of sulfone groups is 1. The number of ether oxygens (including phenoxy) is 1. The predicted molar refractivity (Wildman–Crippen MR) is 154 cm³/mol. The second kappa shape index (κ2) is 11.5. The van der Waals surface area contributed by atoms with Crippen LogP contribution >= 0.6 is 11.6 Å². The first-order valence-electron chi connectivity index (χ1n) is 13.3. The number of alkyl halides is 3. The number of benzene rings is 2. The van der Waals surface area contributed by atoms with Gasteiger partial charge in [-0.2, -0.15) is 23.1 Å². The molecule has 2 fully saturated rings. The summed E-state index contributed by atoms with van der Waals surface area (Å²) in [5, 5.41) is 12.3. The standard InChI is InChI=1S/C28H29ClF3N5O5S/c1-43(40,41)20-12-17(29)11-18(16-5-3-2-4-6-16)23(20)24(28(30,31)32)42-22-13-21(35-26(33)36-22)37-9-7-27(8-10-37)14-19(25(38)39)34-15-27/h2-6,11-13,19,24,34H,7-10,14-15H2,1H3,(H,38,39)(H2,33,35,36)/t19?,24-/m1/s1.